The second-order valence-corrected chi connectivity index (χ2v) is 5.21. The largest absolute Gasteiger partial charge is 0.504 e. The van der Waals surface area contributed by atoms with E-state index >= 15 is 0 Å². The number of aryl methyl sites for hydroxylation is 1. The number of hydrogen-bond acceptors (Lipinski definition) is 7. The number of phenolic OH excluding ortho intramolecular Hbond substituents is 1. The van der Waals surface area contributed by atoms with Gasteiger partial charge in [-0.25, -0.2) is 5.43 Å². The molecular formula is C17H17N3O6. The van der Waals surface area contributed by atoms with Gasteiger partial charge < -0.3 is 14.6 Å². The third-order valence-electron chi connectivity index (χ3n) is 3.31. The van der Waals surface area contributed by atoms with Gasteiger partial charge in [0.05, 0.1) is 18.2 Å². The lowest BCUT2D eigenvalue weighted by atomic mass is 10.2. The van der Waals surface area contributed by atoms with Gasteiger partial charge in [0, 0.05) is 11.6 Å². The quantitative estimate of drug-likeness (QED) is 0.443. The summed E-state index contributed by atoms with van der Waals surface area (Å²) in [4.78, 5) is 22.2. The fourth-order valence-electron chi connectivity index (χ4n) is 2.05. The van der Waals surface area contributed by atoms with Crippen LogP contribution in [0.15, 0.2) is 41.5 Å². The standard InChI is InChI=1S/C17H17N3O6/c1-11-6-7-14(13(8-11)20(23)24)26-10-16(21)19-18-9-12-4-3-5-15(25-2)17(12)22/h3-9,22H,10H2,1-2H3,(H,19,21)/b18-9+. The number of ether oxygens (including phenoxy) is 2. The fourth-order valence-corrected chi connectivity index (χ4v) is 2.05. The molecule has 0 radical (unpaired) electrons. The number of nitrogens with one attached hydrogen (secondary N) is 1. The van der Waals surface area contributed by atoms with Crippen LogP contribution >= 0.6 is 0 Å². The third-order valence-corrected chi connectivity index (χ3v) is 3.31. The number of nitro benzene ring substituents is 1. The van der Waals surface area contributed by atoms with E-state index in [0.717, 1.165) is 0 Å². The van der Waals surface area contributed by atoms with E-state index in [1.54, 1.807) is 31.2 Å². The number of hydrazone groups is 1. The van der Waals surface area contributed by atoms with Gasteiger partial charge in [-0.1, -0.05) is 12.1 Å². The Labute approximate surface area is 149 Å². The number of para-hydroxylation sites is 1. The van der Waals surface area contributed by atoms with Crippen LogP contribution in [0, 0.1) is 17.0 Å². The van der Waals surface area contributed by atoms with Crippen LogP contribution in [0.2, 0.25) is 0 Å². The van der Waals surface area contributed by atoms with E-state index in [4.69, 9.17) is 9.47 Å². The van der Waals surface area contributed by atoms with Crippen LogP contribution in [0.4, 0.5) is 5.69 Å². The highest BCUT2D eigenvalue weighted by molar-refractivity contribution is 5.86. The van der Waals surface area contributed by atoms with Crippen LogP contribution in [0.1, 0.15) is 11.1 Å². The summed E-state index contributed by atoms with van der Waals surface area (Å²) in [5.41, 5.74) is 3.04. The van der Waals surface area contributed by atoms with Gasteiger partial charge in [0.1, 0.15) is 0 Å². The maximum Gasteiger partial charge on any atom is 0.311 e. The summed E-state index contributed by atoms with van der Waals surface area (Å²) in [6.45, 7) is 1.26. The summed E-state index contributed by atoms with van der Waals surface area (Å²) in [5.74, 6) is -0.460. The van der Waals surface area contributed by atoms with Crippen molar-refractivity contribution < 1.29 is 24.3 Å². The molecule has 0 saturated heterocycles. The normalized spacial score (nSPS) is 10.5. The molecule has 0 aliphatic rings. The molecule has 0 spiro atoms. The van der Waals surface area contributed by atoms with Crippen molar-refractivity contribution in [2.75, 3.05) is 13.7 Å². The molecule has 26 heavy (non-hydrogen) atoms. The van der Waals surface area contributed by atoms with Gasteiger partial charge in [0.2, 0.25) is 0 Å². The van der Waals surface area contributed by atoms with Crippen molar-refractivity contribution in [3.8, 4) is 17.2 Å². The van der Waals surface area contributed by atoms with Crippen LogP contribution in [0.5, 0.6) is 17.2 Å². The molecule has 0 saturated carbocycles. The van der Waals surface area contributed by atoms with Crippen molar-refractivity contribution >= 4 is 17.8 Å². The molecule has 136 valence electrons. The minimum Gasteiger partial charge on any atom is -0.504 e. The molecule has 2 N–H and O–H groups in total. The molecule has 0 bridgehead atoms. The number of amides is 1. The molecular weight excluding hydrogens is 342 g/mol. The van der Waals surface area contributed by atoms with Gasteiger partial charge in [-0.3, -0.25) is 14.9 Å². The number of methoxy groups -OCH3 is 1. The first-order valence-electron chi connectivity index (χ1n) is 7.48. The lowest BCUT2D eigenvalue weighted by Crippen LogP contribution is -2.24. The number of aromatic hydroxyl groups is 1. The number of phenols is 1. The van der Waals surface area contributed by atoms with Crippen molar-refractivity contribution in [1.29, 1.82) is 0 Å². The van der Waals surface area contributed by atoms with Crippen LogP contribution in [0.25, 0.3) is 0 Å². The first kappa shape index (κ1) is 18.7. The second kappa shape index (κ2) is 8.47. The Hall–Kier alpha value is -3.62. The lowest BCUT2D eigenvalue weighted by molar-refractivity contribution is -0.385. The van der Waals surface area contributed by atoms with E-state index in [-0.39, 0.29) is 22.9 Å². The topological polar surface area (TPSA) is 123 Å². The number of nitro groups is 1. The Morgan fingerprint density at radius 3 is 2.81 bits per heavy atom. The van der Waals surface area contributed by atoms with Gasteiger partial charge in [-0.2, -0.15) is 5.10 Å². The second-order valence-electron chi connectivity index (χ2n) is 5.21. The summed E-state index contributed by atoms with van der Waals surface area (Å²) in [5, 5.41) is 24.6. The molecule has 2 rings (SSSR count). The van der Waals surface area contributed by atoms with E-state index in [9.17, 15) is 20.0 Å². The average molecular weight is 359 g/mol. The minimum atomic E-state index is -0.612. The molecule has 0 aromatic heterocycles. The molecule has 0 unspecified atom stereocenters. The highest BCUT2D eigenvalue weighted by atomic mass is 16.6. The molecule has 0 aliphatic carbocycles. The van der Waals surface area contributed by atoms with E-state index in [2.05, 4.69) is 10.5 Å². The predicted molar refractivity (Wildman–Crippen MR) is 93.7 cm³/mol. The zero-order chi connectivity index (χ0) is 19.1. The van der Waals surface area contributed by atoms with E-state index < -0.39 is 17.4 Å². The predicted octanol–water partition coefficient (Wildman–Crippen LogP) is 2.15. The third kappa shape index (κ3) is 4.69. The summed E-state index contributed by atoms with van der Waals surface area (Å²) in [6.07, 6.45) is 1.24. The Kier molecular flexibility index (Phi) is 6.10. The Balaban J connectivity index is 1.95. The lowest BCUT2D eigenvalue weighted by Gasteiger charge is -2.07. The number of benzene rings is 2. The number of hydrogen-bond donors (Lipinski definition) is 2. The number of carbonyl (C=O) groups is 1. The maximum absolute atomic E-state index is 11.8. The first-order chi connectivity index (χ1) is 12.4. The van der Waals surface area contributed by atoms with Gasteiger partial charge >= 0.3 is 5.69 Å². The van der Waals surface area contributed by atoms with Crippen LogP contribution in [0.3, 0.4) is 0 Å². The average Bonchev–Trinajstić information content (AvgIpc) is 2.62. The summed E-state index contributed by atoms with van der Waals surface area (Å²) >= 11 is 0. The monoisotopic (exact) mass is 359 g/mol. The van der Waals surface area contributed by atoms with Gasteiger partial charge in [0.15, 0.2) is 23.9 Å². The van der Waals surface area contributed by atoms with Crippen molar-refractivity contribution in [1.82, 2.24) is 5.43 Å². The SMILES string of the molecule is COc1cccc(/C=N/NC(=O)COc2ccc(C)cc2[N+](=O)[O-])c1O. The Bertz CT molecular complexity index is 850. The van der Waals surface area contributed by atoms with E-state index in [1.807, 2.05) is 0 Å². The zero-order valence-corrected chi connectivity index (χ0v) is 14.1. The Morgan fingerprint density at radius 2 is 2.12 bits per heavy atom. The van der Waals surface area contributed by atoms with Crippen molar-refractivity contribution in [3.63, 3.8) is 0 Å². The van der Waals surface area contributed by atoms with Crippen molar-refractivity contribution in [2.45, 2.75) is 6.92 Å². The minimum absolute atomic E-state index is 0.00910. The zero-order valence-electron chi connectivity index (χ0n) is 14.1. The maximum atomic E-state index is 11.8. The highest BCUT2D eigenvalue weighted by Gasteiger charge is 2.16. The number of rotatable bonds is 7. The number of nitrogens with zero attached hydrogens (tertiary/aromatic N) is 2. The fraction of sp³-hybridized carbons (Fsp3) is 0.176. The highest BCUT2D eigenvalue weighted by Crippen LogP contribution is 2.28. The molecule has 9 nitrogen and oxygen atoms in total. The van der Waals surface area contributed by atoms with Gasteiger partial charge in [-0.05, 0) is 30.7 Å². The molecule has 2 aromatic carbocycles. The first-order valence-corrected chi connectivity index (χ1v) is 7.48. The van der Waals surface area contributed by atoms with Crippen molar-refractivity contribution in [2.24, 2.45) is 5.10 Å². The van der Waals surface area contributed by atoms with E-state index in [0.29, 0.717) is 11.1 Å². The van der Waals surface area contributed by atoms with Crippen LogP contribution < -0.4 is 14.9 Å². The van der Waals surface area contributed by atoms with Crippen LogP contribution in [-0.2, 0) is 4.79 Å². The van der Waals surface area contributed by atoms with Gasteiger partial charge in [0.25, 0.3) is 5.91 Å². The van der Waals surface area contributed by atoms with Crippen molar-refractivity contribution in [3.05, 3.63) is 57.6 Å². The van der Waals surface area contributed by atoms with Gasteiger partial charge in [-0.15, -0.1) is 0 Å². The van der Waals surface area contributed by atoms with Crippen LogP contribution in [-0.4, -0.2) is 35.9 Å². The molecule has 0 atom stereocenters. The summed E-state index contributed by atoms with van der Waals surface area (Å²) < 4.78 is 10.1. The summed E-state index contributed by atoms with van der Waals surface area (Å²) in [7, 11) is 1.42. The molecule has 0 heterocycles. The number of carbonyl (C=O) groups excluding carboxylic acids is 1. The Morgan fingerprint density at radius 1 is 1.35 bits per heavy atom. The molecule has 9 heteroatoms. The molecule has 0 fully saturated rings. The van der Waals surface area contributed by atoms with E-state index in [1.165, 1.54) is 25.5 Å². The summed E-state index contributed by atoms with van der Waals surface area (Å²) in [6, 6.07) is 9.24. The smallest absolute Gasteiger partial charge is 0.311 e. The molecule has 2 aromatic rings. The molecule has 1 amide bonds. The molecule has 0 aliphatic heterocycles.